The van der Waals surface area contributed by atoms with Crippen LogP contribution < -0.4 is 10.6 Å². The SMILES string of the molecule is CCCNC(=O)[C@@H]1[C@H]2C(=O)N([C@@H](CO)CC(C)C)C(C(=O)Nc3c(C)cccc3Cl)C23S[C@@H]1CC3C. The summed E-state index contributed by atoms with van der Waals surface area (Å²) in [5, 5.41) is 16.8. The normalized spacial score (nSPS) is 31.6. The summed E-state index contributed by atoms with van der Waals surface area (Å²) < 4.78 is -0.736. The first-order chi connectivity index (χ1) is 17.1. The highest BCUT2D eigenvalue weighted by atomic mass is 35.5. The lowest BCUT2D eigenvalue weighted by molar-refractivity contribution is -0.142. The maximum absolute atomic E-state index is 14.2. The number of hydrogen-bond donors (Lipinski definition) is 3. The Morgan fingerprint density at radius 1 is 1.31 bits per heavy atom. The number of amides is 3. The van der Waals surface area contributed by atoms with E-state index < -0.39 is 28.7 Å². The van der Waals surface area contributed by atoms with E-state index in [1.807, 2.05) is 39.8 Å². The van der Waals surface area contributed by atoms with Crippen molar-refractivity contribution in [3.05, 3.63) is 28.8 Å². The van der Waals surface area contributed by atoms with Gasteiger partial charge in [-0.3, -0.25) is 14.4 Å². The predicted octanol–water partition coefficient (Wildman–Crippen LogP) is 3.86. The zero-order chi connectivity index (χ0) is 26.4. The molecular formula is C27H38ClN3O4S. The van der Waals surface area contributed by atoms with Crippen molar-refractivity contribution >= 4 is 46.8 Å². The Bertz CT molecular complexity index is 1020. The fraction of sp³-hybridized carbons (Fsp3) is 0.667. The van der Waals surface area contributed by atoms with Gasteiger partial charge in [0.1, 0.15) is 6.04 Å². The molecule has 7 nitrogen and oxygen atoms in total. The number of carbonyl (C=O) groups excluding carboxylic acids is 3. The number of halogens is 1. The first-order valence-electron chi connectivity index (χ1n) is 13.0. The Hall–Kier alpha value is -1.77. The number of thioether (sulfide) groups is 1. The summed E-state index contributed by atoms with van der Waals surface area (Å²) >= 11 is 8.08. The molecule has 1 aromatic rings. The van der Waals surface area contributed by atoms with Crippen molar-refractivity contribution in [2.45, 2.75) is 76.0 Å². The van der Waals surface area contributed by atoms with Crippen LogP contribution in [0.2, 0.25) is 5.02 Å². The van der Waals surface area contributed by atoms with Crippen LogP contribution in [0.3, 0.4) is 0 Å². The second-order valence-electron chi connectivity index (χ2n) is 11.0. The molecule has 3 aliphatic heterocycles. The molecule has 36 heavy (non-hydrogen) atoms. The van der Waals surface area contributed by atoms with E-state index in [0.29, 0.717) is 23.7 Å². The number of para-hydroxylation sites is 1. The molecule has 3 fully saturated rings. The van der Waals surface area contributed by atoms with Gasteiger partial charge in [-0.1, -0.05) is 51.4 Å². The van der Waals surface area contributed by atoms with Gasteiger partial charge in [0.15, 0.2) is 0 Å². The van der Waals surface area contributed by atoms with Gasteiger partial charge in [-0.25, -0.2) is 0 Å². The summed E-state index contributed by atoms with van der Waals surface area (Å²) in [7, 11) is 0. The summed E-state index contributed by atoms with van der Waals surface area (Å²) in [5.41, 5.74) is 1.36. The molecule has 0 aromatic heterocycles. The summed E-state index contributed by atoms with van der Waals surface area (Å²) in [4.78, 5) is 43.3. The number of aryl methyl sites for hydroxylation is 1. The maximum Gasteiger partial charge on any atom is 0.248 e. The molecule has 3 amide bonds. The molecule has 1 aromatic carbocycles. The fourth-order valence-corrected chi connectivity index (χ4v) is 9.30. The number of nitrogens with zero attached hydrogens (tertiary/aromatic N) is 1. The van der Waals surface area contributed by atoms with E-state index in [1.54, 1.807) is 22.7 Å². The van der Waals surface area contributed by atoms with Crippen molar-refractivity contribution in [1.29, 1.82) is 0 Å². The highest BCUT2D eigenvalue weighted by Gasteiger charge is 2.76. The summed E-state index contributed by atoms with van der Waals surface area (Å²) in [6.07, 6.45) is 2.15. The van der Waals surface area contributed by atoms with Gasteiger partial charge in [-0.2, -0.15) is 0 Å². The number of benzene rings is 1. The number of aliphatic hydroxyl groups is 1. The molecule has 3 saturated heterocycles. The Morgan fingerprint density at radius 3 is 2.64 bits per heavy atom. The third-order valence-corrected chi connectivity index (χ3v) is 10.5. The van der Waals surface area contributed by atoms with Gasteiger partial charge >= 0.3 is 0 Å². The molecule has 3 unspecified atom stereocenters. The van der Waals surface area contributed by atoms with Crippen LogP contribution in [0.5, 0.6) is 0 Å². The molecule has 198 valence electrons. The van der Waals surface area contributed by atoms with E-state index in [0.717, 1.165) is 18.4 Å². The Balaban J connectivity index is 1.79. The first-order valence-corrected chi connectivity index (χ1v) is 14.3. The molecule has 0 aliphatic carbocycles. The second kappa shape index (κ2) is 10.5. The van der Waals surface area contributed by atoms with Gasteiger partial charge in [0.2, 0.25) is 17.7 Å². The lowest BCUT2D eigenvalue weighted by atomic mass is 9.66. The van der Waals surface area contributed by atoms with Gasteiger partial charge in [0.05, 0.1) is 39.9 Å². The number of nitrogens with one attached hydrogen (secondary N) is 2. The quantitative estimate of drug-likeness (QED) is 0.446. The van der Waals surface area contributed by atoms with Crippen molar-refractivity contribution in [3.63, 3.8) is 0 Å². The van der Waals surface area contributed by atoms with Crippen molar-refractivity contribution in [2.24, 2.45) is 23.7 Å². The molecule has 3 aliphatic rings. The van der Waals surface area contributed by atoms with Crippen LogP contribution in [0.1, 0.15) is 52.5 Å². The summed E-state index contributed by atoms with van der Waals surface area (Å²) in [6.45, 7) is 10.4. The van der Waals surface area contributed by atoms with Crippen LogP contribution >= 0.6 is 23.4 Å². The van der Waals surface area contributed by atoms with Crippen molar-refractivity contribution in [1.82, 2.24) is 10.2 Å². The average Bonchev–Trinajstić information content (AvgIpc) is 3.42. The molecule has 7 atom stereocenters. The van der Waals surface area contributed by atoms with Crippen LogP contribution in [0, 0.1) is 30.6 Å². The number of aliphatic hydroxyl groups excluding tert-OH is 1. The van der Waals surface area contributed by atoms with E-state index >= 15 is 0 Å². The second-order valence-corrected chi connectivity index (χ2v) is 12.9. The van der Waals surface area contributed by atoms with Gasteiger partial charge in [0, 0.05) is 11.8 Å². The van der Waals surface area contributed by atoms with E-state index in [1.165, 1.54) is 0 Å². The van der Waals surface area contributed by atoms with Crippen LogP contribution in [-0.2, 0) is 14.4 Å². The lowest BCUT2D eigenvalue weighted by Gasteiger charge is -2.40. The molecule has 0 saturated carbocycles. The lowest BCUT2D eigenvalue weighted by Crippen LogP contribution is -2.57. The summed E-state index contributed by atoms with van der Waals surface area (Å²) in [6, 6.07) is 4.11. The maximum atomic E-state index is 14.2. The number of fused-ring (bicyclic) bond motifs is 1. The molecule has 4 rings (SSSR count). The van der Waals surface area contributed by atoms with Gasteiger partial charge in [-0.15, -0.1) is 11.8 Å². The van der Waals surface area contributed by atoms with Crippen molar-refractivity contribution < 1.29 is 19.5 Å². The zero-order valence-corrected chi connectivity index (χ0v) is 23.3. The smallest absolute Gasteiger partial charge is 0.248 e. The van der Waals surface area contributed by atoms with E-state index in [4.69, 9.17) is 11.6 Å². The van der Waals surface area contributed by atoms with Crippen LogP contribution in [0.4, 0.5) is 5.69 Å². The van der Waals surface area contributed by atoms with Gasteiger partial charge in [0.25, 0.3) is 0 Å². The van der Waals surface area contributed by atoms with Gasteiger partial charge < -0.3 is 20.6 Å². The minimum atomic E-state index is -0.810. The molecule has 0 radical (unpaired) electrons. The number of rotatable bonds is 9. The minimum absolute atomic E-state index is 0.0111. The first kappa shape index (κ1) is 27.3. The molecule has 1 spiro atoms. The number of carbonyl (C=O) groups is 3. The van der Waals surface area contributed by atoms with Gasteiger partial charge in [-0.05, 0) is 49.7 Å². The summed E-state index contributed by atoms with van der Waals surface area (Å²) in [5.74, 6) is -1.41. The van der Waals surface area contributed by atoms with Crippen molar-refractivity contribution in [3.8, 4) is 0 Å². The monoisotopic (exact) mass is 535 g/mol. The van der Waals surface area contributed by atoms with Crippen LogP contribution in [0.25, 0.3) is 0 Å². The Labute approximate surface area is 223 Å². The number of likely N-dealkylation sites (tertiary alicyclic amines) is 1. The Kier molecular flexibility index (Phi) is 7.98. The Morgan fingerprint density at radius 2 is 2.03 bits per heavy atom. The highest BCUT2D eigenvalue weighted by molar-refractivity contribution is 8.02. The van der Waals surface area contributed by atoms with Crippen LogP contribution in [-0.4, -0.2) is 63.0 Å². The molecular weight excluding hydrogens is 498 g/mol. The topological polar surface area (TPSA) is 98.7 Å². The largest absolute Gasteiger partial charge is 0.394 e. The number of anilines is 1. The molecule has 3 N–H and O–H groups in total. The molecule has 3 heterocycles. The molecule has 2 bridgehead atoms. The average molecular weight is 536 g/mol. The highest BCUT2D eigenvalue weighted by Crippen LogP contribution is 2.69. The minimum Gasteiger partial charge on any atom is -0.394 e. The van der Waals surface area contributed by atoms with E-state index in [2.05, 4.69) is 17.6 Å². The predicted molar refractivity (Wildman–Crippen MR) is 144 cm³/mol. The number of hydrogen-bond acceptors (Lipinski definition) is 5. The fourth-order valence-electron chi connectivity index (χ4n) is 6.62. The zero-order valence-electron chi connectivity index (χ0n) is 21.7. The van der Waals surface area contributed by atoms with E-state index in [-0.39, 0.29) is 41.4 Å². The third-order valence-electron chi connectivity index (χ3n) is 8.10. The third kappa shape index (κ3) is 4.33. The molecule has 9 heteroatoms. The standard InChI is InChI=1S/C27H38ClN3O4S/c1-6-10-29-24(33)20-19-12-16(5)27(36-19)21(20)26(35)31(17(13-32)11-14(2)3)23(27)25(34)30-22-15(4)8-7-9-18(22)28/h7-9,14,16-17,19-21,23,32H,6,10-13H2,1-5H3,(H,29,33)(H,30,34)/t16?,17-,19-,20+,21+,23?,27?/m1/s1. The van der Waals surface area contributed by atoms with E-state index in [9.17, 15) is 19.5 Å². The van der Waals surface area contributed by atoms with Crippen LogP contribution in [0.15, 0.2) is 18.2 Å². The van der Waals surface area contributed by atoms with Crippen molar-refractivity contribution in [2.75, 3.05) is 18.5 Å².